The van der Waals surface area contributed by atoms with Crippen molar-refractivity contribution >= 4 is 23.4 Å². The summed E-state index contributed by atoms with van der Waals surface area (Å²) in [5.41, 5.74) is 3.00. The van der Waals surface area contributed by atoms with Crippen LogP contribution in [0.15, 0.2) is 78.0 Å². The van der Waals surface area contributed by atoms with Crippen LogP contribution >= 0.6 is 23.4 Å². The van der Waals surface area contributed by atoms with E-state index in [1.54, 1.807) is 16.4 Å². The van der Waals surface area contributed by atoms with Gasteiger partial charge in [-0.25, -0.2) is 0 Å². The smallest absolute Gasteiger partial charge is 0.214 e. The van der Waals surface area contributed by atoms with Gasteiger partial charge in [0.25, 0.3) is 0 Å². The molecule has 0 aliphatic rings. The molecule has 0 radical (unpaired) electrons. The number of benzene rings is 3. The van der Waals surface area contributed by atoms with Crippen LogP contribution in [0.2, 0.25) is 5.02 Å². The summed E-state index contributed by atoms with van der Waals surface area (Å²) in [5, 5.41) is 17.0. The van der Waals surface area contributed by atoms with Gasteiger partial charge in [-0.3, -0.25) is 0 Å². The monoisotopic (exact) mass is 495 g/mol. The third-order valence-electron chi connectivity index (χ3n) is 4.93. The van der Waals surface area contributed by atoms with Crippen molar-refractivity contribution in [1.29, 1.82) is 0 Å². The zero-order chi connectivity index (χ0) is 23.6. The van der Waals surface area contributed by atoms with Crippen LogP contribution in [0.25, 0.3) is 5.69 Å². The van der Waals surface area contributed by atoms with Crippen LogP contribution in [0.3, 0.4) is 0 Å². The number of hydrogen-bond donors (Lipinski definition) is 1. The second kappa shape index (κ2) is 12.4. The van der Waals surface area contributed by atoms with Gasteiger partial charge in [-0.15, -0.1) is 5.10 Å². The molecule has 1 heterocycles. The maximum Gasteiger partial charge on any atom is 0.214 e. The summed E-state index contributed by atoms with van der Waals surface area (Å²) in [5.74, 6) is 2.27. The molecule has 0 spiro atoms. The normalized spacial score (nSPS) is 10.9. The van der Waals surface area contributed by atoms with Gasteiger partial charge < -0.3 is 14.8 Å². The number of nitrogens with one attached hydrogen (secondary N) is 1. The molecule has 0 saturated heterocycles. The van der Waals surface area contributed by atoms with Gasteiger partial charge in [0.2, 0.25) is 5.16 Å². The number of para-hydroxylation sites is 1. The van der Waals surface area contributed by atoms with Crippen LogP contribution in [0.5, 0.6) is 11.5 Å². The first-order valence-electron chi connectivity index (χ1n) is 11.0. The van der Waals surface area contributed by atoms with Crippen molar-refractivity contribution in [1.82, 2.24) is 25.5 Å². The van der Waals surface area contributed by atoms with Crippen LogP contribution < -0.4 is 14.8 Å². The quantitative estimate of drug-likeness (QED) is 0.214. The third-order valence-corrected chi connectivity index (χ3v) is 6.22. The molecule has 0 saturated carbocycles. The molecule has 0 aliphatic carbocycles. The summed E-state index contributed by atoms with van der Waals surface area (Å²) in [7, 11) is 0. The van der Waals surface area contributed by atoms with E-state index >= 15 is 0 Å². The van der Waals surface area contributed by atoms with Gasteiger partial charge in [0.05, 0.1) is 12.3 Å². The standard InChI is InChI=1S/C25H26ClN5O2S/c1-2-32-24-16-19(12-13-23(24)33-18-20-8-6-7-11-22(20)26)17-27-14-15-34-25-28-29-30-31(25)21-9-4-3-5-10-21/h3-13,16,27H,2,14-15,17-18H2,1H3. The maximum atomic E-state index is 6.24. The van der Waals surface area contributed by atoms with Crippen LogP contribution in [0, 0.1) is 0 Å². The molecule has 0 amide bonds. The lowest BCUT2D eigenvalue weighted by Gasteiger charge is -2.14. The molecule has 4 aromatic rings. The minimum Gasteiger partial charge on any atom is -0.490 e. The number of aromatic nitrogens is 4. The summed E-state index contributed by atoms with van der Waals surface area (Å²) < 4.78 is 13.6. The third kappa shape index (κ3) is 6.50. The molecule has 1 aromatic heterocycles. The van der Waals surface area contributed by atoms with Gasteiger partial charge in [-0.2, -0.15) is 4.68 Å². The van der Waals surface area contributed by atoms with Crippen molar-refractivity contribution in [3.63, 3.8) is 0 Å². The zero-order valence-corrected chi connectivity index (χ0v) is 20.4. The predicted molar refractivity (Wildman–Crippen MR) is 135 cm³/mol. The Bertz CT molecular complexity index is 1190. The number of nitrogens with zero attached hydrogens (tertiary/aromatic N) is 4. The first-order chi connectivity index (χ1) is 16.7. The van der Waals surface area contributed by atoms with E-state index in [0.717, 1.165) is 46.6 Å². The van der Waals surface area contributed by atoms with E-state index in [1.807, 2.05) is 79.7 Å². The lowest BCUT2D eigenvalue weighted by Crippen LogP contribution is -2.17. The average Bonchev–Trinajstić information content (AvgIpc) is 3.33. The van der Waals surface area contributed by atoms with Crippen molar-refractivity contribution in [3.8, 4) is 17.2 Å². The SMILES string of the molecule is CCOc1cc(CNCCSc2nnnn2-c2ccccc2)ccc1OCc1ccccc1Cl. The first-order valence-corrected chi connectivity index (χ1v) is 12.4. The van der Waals surface area contributed by atoms with Crippen molar-refractivity contribution in [2.75, 3.05) is 18.9 Å². The summed E-state index contributed by atoms with van der Waals surface area (Å²) in [6.45, 7) is 4.43. The van der Waals surface area contributed by atoms with Crippen molar-refractivity contribution in [2.45, 2.75) is 25.2 Å². The Kier molecular flexibility index (Phi) is 8.78. The fraction of sp³-hybridized carbons (Fsp3) is 0.240. The van der Waals surface area contributed by atoms with E-state index in [2.05, 4.69) is 20.8 Å². The van der Waals surface area contributed by atoms with Crippen molar-refractivity contribution < 1.29 is 9.47 Å². The number of halogens is 1. The van der Waals surface area contributed by atoms with E-state index in [4.69, 9.17) is 21.1 Å². The number of rotatable bonds is 12. The number of thioether (sulfide) groups is 1. The lowest BCUT2D eigenvalue weighted by atomic mass is 10.2. The largest absolute Gasteiger partial charge is 0.490 e. The molecule has 4 rings (SSSR count). The zero-order valence-electron chi connectivity index (χ0n) is 18.9. The molecule has 0 aliphatic heterocycles. The Morgan fingerprint density at radius 3 is 2.62 bits per heavy atom. The van der Waals surface area contributed by atoms with Crippen LogP contribution in [-0.2, 0) is 13.2 Å². The molecule has 0 atom stereocenters. The fourth-order valence-electron chi connectivity index (χ4n) is 3.27. The minimum atomic E-state index is 0.386. The Labute approximate surface area is 208 Å². The molecule has 7 nitrogen and oxygen atoms in total. The van der Waals surface area contributed by atoms with Gasteiger partial charge in [0.1, 0.15) is 6.61 Å². The first kappa shape index (κ1) is 24.1. The van der Waals surface area contributed by atoms with Crippen LogP contribution in [0.1, 0.15) is 18.1 Å². The van der Waals surface area contributed by atoms with E-state index in [-0.39, 0.29) is 0 Å². The lowest BCUT2D eigenvalue weighted by molar-refractivity contribution is 0.269. The molecule has 9 heteroatoms. The van der Waals surface area contributed by atoms with Gasteiger partial charge in [-0.05, 0) is 53.2 Å². The van der Waals surface area contributed by atoms with Crippen molar-refractivity contribution in [3.05, 3.63) is 88.9 Å². The highest BCUT2D eigenvalue weighted by Crippen LogP contribution is 2.30. The maximum absolute atomic E-state index is 6.24. The van der Waals surface area contributed by atoms with E-state index in [0.29, 0.717) is 24.0 Å². The second-order valence-electron chi connectivity index (χ2n) is 7.33. The molecule has 34 heavy (non-hydrogen) atoms. The molecule has 1 N–H and O–H groups in total. The van der Waals surface area contributed by atoms with Gasteiger partial charge in [0.15, 0.2) is 11.5 Å². The van der Waals surface area contributed by atoms with E-state index < -0.39 is 0 Å². The summed E-state index contributed by atoms with van der Waals surface area (Å²) in [6, 6.07) is 23.5. The highest BCUT2D eigenvalue weighted by molar-refractivity contribution is 7.99. The van der Waals surface area contributed by atoms with Gasteiger partial charge in [-0.1, -0.05) is 65.8 Å². The highest BCUT2D eigenvalue weighted by atomic mass is 35.5. The minimum absolute atomic E-state index is 0.386. The second-order valence-corrected chi connectivity index (χ2v) is 8.80. The Hall–Kier alpha value is -3.07. The van der Waals surface area contributed by atoms with E-state index in [9.17, 15) is 0 Å². The molecule has 0 bridgehead atoms. The van der Waals surface area contributed by atoms with Crippen LogP contribution in [-0.4, -0.2) is 39.1 Å². The van der Waals surface area contributed by atoms with Gasteiger partial charge >= 0.3 is 0 Å². The van der Waals surface area contributed by atoms with E-state index in [1.165, 1.54) is 0 Å². The number of hydrogen-bond acceptors (Lipinski definition) is 7. The molecule has 0 fully saturated rings. The Balaban J connectivity index is 1.28. The average molecular weight is 496 g/mol. The Morgan fingerprint density at radius 1 is 0.971 bits per heavy atom. The van der Waals surface area contributed by atoms with Crippen molar-refractivity contribution in [2.24, 2.45) is 0 Å². The molecular weight excluding hydrogens is 470 g/mol. The van der Waals surface area contributed by atoms with Gasteiger partial charge in [0, 0.05) is 29.4 Å². The molecular formula is C25H26ClN5O2S. The summed E-state index contributed by atoms with van der Waals surface area (Å²) >= 11 is 7.85. The highest BCUT2D eigenvalue weighted by Gasteiger charge is 2.10. The number of ether oxygens (including phenoxy) is 2. The number of tetrazole rings is 1. The molecule has 176 valence electrons. The summed E-state index contributed by atoms with van der Waals surface area (Å²) in [6.07, 6.45) is 0. The predicted octanol–water partition coefficient (Wildman–Crippen LogP) is 5.18. The molecule has 3 aromatic carbocycles. The fourth-order valence-corrected chi connectivity index (χ4v) is 4.25. The summed E-state index contributed by atoms with van der Waals surface area (Å²) in [4.78, 5) is 0. The molecule has 0 unspecified atom stereocenters. The van der Waals surface area contributed by atoms with Crippen LogP contribution in [0.4, 0.5) is 0 Å². The Morgan fingerprint density at radius 2 is 1.79 bits per heavy atom. The topological polar surface area (TPSA) is 74.1 Å².